The first-order chi connectivity index (χ1) is 8.50. The summed E-state index contributed by atoms with van der Waals surface area (Å²) in [6, 6.07) is 12.1. The summed E-state index contributed by atoms with van der Waals surface area (Å²) in [5.41, 5.74) is 1.77. The summed E-state index contributed by atoms with van der Waals surface area (Å²) < 4.78 is 0. The summed E-state index contributed by atoms with van der Waals surface area (Å²) in [6.45, 7) is 6.89. The van der Waals surface area contributed by atoms with Crippen molar-refractivity contribution in [2.24, 2.45) is 5.41 Å². The molecule has 2 rings (SSSR count). The summed E-state index contributed by atoms with van der Waals surface area (Å²) in [4.78, 5) is 0. The molecule has 2 aromatic carbocycles. The molecule has 0 atom stereocenters. The normalized spacial score (nSPS) is 11.9. The van der Waals surface area contributed by atoms with Crippen LogP contribution in [0.25, 0.3) is 10.8 Å². The Bertz CT molecular complexity index is 540. The number of fused-ring (bicyclic) bond motifs is 1. The predicted molar refractivity (Wildman–Crippen MR) is 78.0 cm³/mol. The zero-order valence-corrected chi connectivity index (χ0v) is 11.5. The van der Waals surface area contributed by atoms with E-state index in [9.17, 15) is 5.11 Å². The maximum absolute atomic E-state index is 9.52. The van der Waals surface area contributed by atoms with Crippen molar-refractivity contribution in [1.82, 2.24) is 0 Å². The SMILES string of the molecule is CCC(C)(C)CCc1ccc2ccc(O)cc2c1. The highest BCUT2D eigenvalue weighted by Gasteiger charge is 2.14. The maximum Gasteiger partial charge on any atom is 0.116 e. The van der Waals surface area contributed by atoms with Crippen LogP contribution in [0, 0.1) is 5.41 Å². The number of rotatable bonds is 4. The Hall–Kier alpha value is -1.50. The molecule has 0 radical (unpaired) electrons. The standard InChI is InChI=1S/C17H22O/c1-4-17(2,3)10-9-13-5-6-14-7-8-16(18)12-15(14)11-13/h5-8,11-12,18H,4,9-10H2,1-3H3. The molecule has 0 aliphatic carbocycles. The topological polar surface area (TPSA) is 20.2 Å². The van der Waals surface area contributed by atoms with Gasteiger partial charge in [-0.2, -0.15) is 0 Å². The van der Waals surface area contributed by atoms with Crippen molar-refractivity contribution in [2.45, 2.75) is 40.0 Å². The van der Waals surface area contributed by atoms with E-state index in [1.807, 2.05) is 12.1 Å². The lowest BCUT2D eigenvalue weighted by Gasteiger charge is -2.22. The third kappa shape index (κ3) is 3.04. The van der Waals surface area contributed by atoms with Crippen LogP contribution in [-0.4, -0.2) is 5.11 Å². The Balaban J connectivity index is 2.19. The molecule has 1 heteroatoms. The largest absolute Gasteiger partial charge is 0.508 e. The first-order valence-corrected chi connectivity index (χ1v) is 6.72. The molecule has 1 nitrogen and oxygen atoms in total. The first-order valence-electron chi connectivity index (χ1n) is 6.72. The Kier molecular flexibility index (Phi) is 3.60. The van der Waals surface area contributed by atoms with Crippen LogP contribution in [0.2, 0.25) is 0 Å². The van der Waals surface area contributed by atoms with Gasteiger partial charge < -0.3 is 5.11 Å². The Morgan fingerprint density at radius 1 is 1.00 bits per heavy atom. The van der Waals surface area contributed by atoms with E-state index >= 15 is 0 Å². The number of aryl methyl sites for hydroxylation is 1. The molecule has 1 N–H and O–H groups in total. The minimum atomic E-state index is 0.341. The molecule has 0 unspecified atom stereocenters. The molecule has 0 heterocycles. The fourth-order valence-corrected chi connectivity index (χ4v) is 2.10. The van der Waals surface area contributed by atoms with Crippen LogP contribution < -0.4 is 0 Å². The Labute approximate surface area is 109 Å². The van der Waals surface area contributed by atoms with Gasteiger partial charge in [-0.15, -0.1) is 0 Å². The van der Waals surface area contributed by atoms with Crippen LogP contribution >= 0.6 is 0 Å². The van der Waals surface area contributed by atoms with E-state index in [4.69, 9.17) is 0 Å². The van der Waals surface area contributed by atoms with Crippen molar-refractivity contribution in [1.29, 1.82) is 0 Å². The van der Waals surface area contributed by atoms with Crippen LogP contribution in [-0.2, 0) is 6.42 Å². The fraction of sp³-hybridized carbons (Fsp3) is 0.412. The van der Waals surface area contributed by atoms with Gasteiger partial charge in [0.25, 0.3) is 0 Å². The van der Waals surface area contributed by atoms with E-state index in [0.717, 1.165) is 11.8 Å². The summed E-state index contributed by atoms with van der Waals surface area (Å²) >= 11 is 0. The monoisotopic (exact) mass is 242 g/mol. The maximum atomic E-state index is 9.52. The van der Waals surface area contributed by atoms with Gasteiger partial charge in [-0.1, -0.05) is 51.5 Å². The number of aromatic hydroxyl groups is 1. The highest BCUT2D eigenvalue weighted by atomic mass is 16.3. The van der Waals surface area contributed by atoms with Crippen molar-refractivity contribution >= 4 is 10.8 Å². The van der Waals surface area contributed by atoms with Gasteiger partial charge in [0.2, 0.25) is 0 Å². The van der Waals surface area contributed by atoms with Crippen molar-refractivity contribution in [3.63, 3.8) is 0 Å². The second kappa shape index (κ2) is 5.01. The average Bonchev–Trinajstić information content (AvgIpc) is 2.36. The molecule has 0 saturated heterocycles. The molecular formula is C17H22O. The lowest BCUT2D eigenvalue weighted by atomic mass is 9.84. The van der Waals surface area contributed by atoms with E-state index in [1.165, 1.54) is 23.8 Å². The summed E-state index contributed by atoms with van der Waals surface area (Å²) in [5.74, 6) is 0.341. The van der Waals surface area contributed by atoms with Gasteiger partial charge in [-0.3, -0.25) is 0 Å². The van der Waals surface area contributed by atoms with Gasteiger partial charge in [-0.05, 0) is 46.7 Å². The lowest BCUT2D eigenvalue weighted by molar-refractivity contribution is 0.322. The minimum absolute atomic E-state index is 0.341. The van der Waals surface area contributed by atoms with Gasteiger partial charge in [0.15, 0.2) is 0 Å². The zero-order valence-electron chi connectivity index (χ0n) is 11.5. The molecular weight excluding hydrogens is 220 g/mol. The number of benzene rings is 2. The number of hydrogen-bond acceptors (Lipinski definition) is 1. The van der Waals surface area contributed by atoms with Gasteiger partial charge in [0.1, 0.15) is 5.75 Å². The molecule has 96 valence electrons. The van der Waals surface area contributed by atoms with Crippen LogP contribution in [0.3, 0.4) is 0 Å². The van der Waals surface area contributed by atoms with Crippen LogP contribution in [0.5, 0.6) is 5.75 Å². The van der Waals surface area contributed by atoms with Crippen molar-refractivity contribution in [2.75, 3.05) is 0 Å². The van der Waals surface area contributed by atoms with E-state index in [2.05, 4.69) is 39.0 Å². The predicted octanol–water partition coefficient (Wildman–Crippen LogP) is 4.91. The molecule has 0 aliphatic rings. The van der Waals surface area contributed by atoms with Crippen molar-refractivity contribution in [3.8, 4) is 5.75 Å². The van der Waals surface area contributed by atoms with Gasteiger partial charge in [0.05, 0.1) is 0 Å². The second-order valence-corrected chi connectivity index (χ2v) is 5.88. The Morgan fingerprint density at radius 3 is 2.44 bits per heavy atom. The van der Waals surface area contributed by atoms with E-state index in [0.29, 0.717) is 11.2 Å². The van der Waals surface area contributed by atoms with Gasteiger partial charge in [0, 0.05) is 0 Å². The van der Waals surface area contributed by atoms with Gasteiger partial charge in [-0.25, -0.2) is 0 Å². The highest BCUT2D eigenvalue weighted by Crippen LogP contribution is 2.28. The summed E-state index contributed by atoms with van der Waals surface area (Å²) in [7, 11) is 0. The quantitative estimate of drug-likeness (QED) is 0.807. The van der Waals surface area contributed by atoms with Crippen molar-refractivity contribution < 1.29 is 5.11 Å². The smallest absolute Gasteiger partial charge is 0.116 e. The highest BCUT2D eigenvalue weighted by molar-refractivity contribution is 5.84. The summed E-state index contributed by atoms with van der Waals surface area (Å²) in [6.07, 6.45) is 3.52. The molecule has 0 saturated carbocycles. The molecule has 0 amide bonds. The fourth-order valence-electron chi connectivity index (χ4n) is 2.10. The van der Waals surface area contributed by atoms with Gasteiger partial charge >= 0.3 is 0 Å². The Morgan fingerprint density at radius 2 is 1.72 bits per heavy atom. The molecule has 0 aromatic heterocycles. The molecule has 0 aliphatic heterocycles. The minimum Gasteiger partial charge on any atom is -0.508 e. The first kappa shape index (κ1) is 12.9. The second-order valence-electron chi connectivity index (χ2n) is 5.88. The van der Waals surface area contributed by atoms with E-state index in [1.54, 1.807) is 6.07 Å². The summed E-state index contributed by atoms with van der Waals surface area (Å²) in [5, 5.41) is 11.8. The van der Waals surface area contributed by atoms with Crippen LogP contribution in [0.15, 0.2) is 36.4 Å². The zero-order chi connectivity index (χ0) is 13.2. The van der Waals surface area contributed by atoms with E-state index < -0.39 is 0 Å². The van der Waals surface area contributed by atoms with Crippen LogP contribution in [0.4, 0.5) is 0 Å². The molecule has 2 aromatic rings. The number of phenolic OH excluding ortho intramolecular Hbond substituents is 1. The number of phenols is 1. The number of hydrogen-bond donors (Lipinski definition) is 1. The molecule has 0 bridgehead atoms. The molecule has 0 fully saturated rings. The third-order valence-electron chi connectivity index (χ3n) is 3.94. The molecule has 0 spiro atoms. The average molecular weight is 242 g/mol. The van der Waals surface area contributed by atoms with E-state index in [-0.39, 0.29) is 0 Å². The lowest BCUT2D eigenvalue weighted by Crippen LogP contribution is -2.10. The molecule has 18 heavy (non-hydrogen) atoms. The third-order valence-corrected chi connectivity index (χ3v) is 3.94. The van der Waals surface area contributed by atoms with Crippen LogP contribution in [0.1, 0.15) is 39.2 Å². The van der Waals surface area contributed by atoms with Crippen molar-refractivity contribution in [3.05, 3.63) is 42.0 Å².